The van der Waals surface area contributed by atoms with E-state index >= 15 is 0 Å². The van der Waals surface area contributed by atoms with Crippen LogP contribution in [0.2, 0.25) is 0 Å². The number of ether oxygens (including phenoxy) is 2. The van der Waals surface area contributed by atoms with Gasteiger partial charge in [0.1, 0.15) is 0 Å². The van der Waals surface area contributed by atoms with Crippen LogP contribution in [0, 0.1) is 0 Å². The molecule has 0 amide bonds. The third kappa shape index (κ3) is 10.2. The van der Waals surface area contributed by atoms with Crippen LogP contribution >= 0.6 is 0 Å². The molecule has 0 heterocycles. The Morgan fingerprint density at radius 2 is 0.833 bits per heavy atom. The summed E-state index contributed by atoms with van der Waals surface area (Å²) in [5, 5.41) is 0. The molecular formula is C20H34O4. The van der Waals surface area contributed by atoms with Crippen molar-refractivity contribution in [3.8, 4) is 0 Å². The average molecular weight is 338 g/mol. The lowest BCUT2D eigenvalue weighted by Crippen LogP contribution is -2.00. The van der Waals surface area contributed by atoms with E-state index in [1.165, 1.54) is 36.5 Å². The summed E-state index contributed by atoms with van der Waals surface area (Å²) in [6.07, 6.45) is 6.64. The summed E-state index contributed by atoms with van der Waals surface area (Å²) >= 11 is 0. The van der Waals surface area contributed by atoms with Gasteiger partial charge >= 0.3 is 11.9 Å². The summed E-state index contributed by atoms with van der Waals surface area (Å²) in [7, 11) is 2.86. The van der Waals surface area contributed by atoms with E-state index in [1.54, 1.807) is 0 Å². The van der Waals surface area contributed by atoms with E-state index in [2.05, 4.69) is 37.2 Å². The van der Waals surface area contributed by atoms with Gasteiger partial charge in [0, 0.05) is 12.8 Å². The minimum Gasteiger partial charge on any atom is -0.469 e. The highest BCUT2D eigenvalue weighted by molar-refractivity contribution is 5.69. The number of esters is 2. The van der Waals surface area contributed by atoms with Gasteiger partial charge in [-0.15, -0.1) is 0 Å². The minimum absolute atomic E-state index is 0.137. The van der Waals surface area contributed by atoms with Gasteiger partial charge in [-0.1, -0.05) is 22.3 Å². The van der Waals surface area contributed by atoms with Gasteiger partial charge < -0.3 is 9.47 Å². The molecule has 0 aliphatic rings. The van der Waals surface area contributed by atoms with Gasteiger partial charge in [0.15, 0.2) is 0 Å². The van der Waals surface area contributed by atoms with Gasteiger partial charge in [-0.05, 0) is 66.2 Å². The topological polar surface area (TPSA) is 52.6 Å². The van der Waals surface area contributed by atoms with Crippen LogP contribution in [0.25, 0.3) is 0 Å². The molecule has 0 fully saturated rings. The lowest BCUT2D eigenvalue weighted by molar-refractivity contribution is -0.141. The second-order valence-electron chi connectivity index (χ2n) is 6.48. The standard InChI is InChI=1S/C20H34O4/c1-15(9-7-11-19(21)23-5)17(3)13-14-18(4)16(2)10-8-12-20(22)24-6/h7-14H2,1-6H3/b17-15+,18-16+. The zero-order chi connectivity index (χ0) is 18.5. The molecule has 4 heteroatoms. The predicted molar refractivity (Wildman–Crippen MR) is 97.7 cm³/mol. The van der Waals surface area contributed by atoms with Gasteiger partial charge in [-0.3, -0.25) is 9.59 Å². The van der Waals surface area contributed by atoms with E-state index in [0.29, 0.717) is 12.8 Å². The van der Waals surface area contributed by atoms with E-state index in [9.17, 15) is 9.59 Å². The summed E-state index contributed by atoms with van der Waals surface area (Å²) in [5.41, 5.74) is 5.55. The molecular weight excluding hydrogens is 304 g/mol. The molecule has 0 N–H and O–H groups in total. The fourth-order valence-electron chi connectivity index (χ4n) is 2.43. The maximum Gasteiger partial charge on any atom is 0.305 e. The first-order chi connectivity index (χ1) is 11.3. The zero-order valence-electron chi connectivity index (χ0n) is 16.3. The van der Waals surface area contributed by atoms with E-state index < -0.39 is 0 Å². The lowest BCUT2D eigenvalue weighted by atomic mass is 9.96. The van der Waals surface area contributed by atoms with Crippen molar-refractivity contribution in [1.82, 2.24) is 0 Å². The number of hydrogen-bond donors (Lipinski definition) is 0. The van der Waals surface area contributed by atoms with Crippen LogP contribution in [0.4, 0.5) is 0 Å². The number of methoxy groups -OCH3 is 2. The van der Waals surface area contributed by atoms with Crippen LogP contribution in [0.5, 0.6) is 0 Å². The Kier molecular flexibility index (Phi) is 12.0. The second kappa shape index (κ2) is 12.8. The van der Waals surface area contributed by atoms with Gasteiger partial charge in [-0.2, -0.15) is 0 Å². The Hall–Kier alpha value is -1.58. The molecule has 0 aromatic heterocycles. The summed E-state index contributed by atoms with van der Waals surface area (Å²) < 4.78 is 9.32. The maximum atomic E-state index is 11.1. The molecule has 0 saturated carbocycles. The molecule has 0 unspecified atom stereocenters. The van der Waals surface area contributed by atoms with E-state index in [4.69, 9.17) is 0 Å². The maximum absolute atomic E-state index is 11.1. The Bertz CT molecular complexity index is 428. The normalized spacial score (nSPS) is 13.1. The summed E-state index contributed by atoms with van der Waals surface area (Å²) in [5.74, 6) is -0.274. The van der Waals surface area contributed by atoms with Crippen LogP contribution in [0.1, 0.15) is 79.1 Å². The average Bonchev–Trinajstić information content (AvgIpc) is 2.58. The molecule has 0 radical (unpaired) electrons. The van der Waals surface area contributed by atoms with Gasteiger partial charge in [0.2, 0.25) is 0 Å². The highest BCUT2D eigenvalue weighted by Crippen LogP contribution is 2.22. The lowest BCUT2D eigenvalue weighted by Gasteiger charge is -2.11. The molecule has 4 nitrogen and oxygen atoms in total. The summed E-state index contributed by atoms with van der Waals surface area (Å²) in [6, 6.07) is 0. The fourth-order valence-corrected chi connectivity index (χ4v) is 2.43. The SMILES string of the molecule is COC(=O)CCC/C(C)=C(\C)CC/C(C)=C(\C)CCCC(=O)OC. The molecule has 0 spiro atoms. The number of carbonyl (C=O) groups excluding carboxylic acids is 2. The molecule has 0 aliphatic carbocycles. The largest absolute Gasteiger partial charge is 0.469 e. The number of allylic oxidation sites excluding steroid dienone is 4. The molecule has 0 aliphatic heterocycles. The Labute approximate surface area is 147 Å². The minimum atomic E-state index is -0.137. The van der Waals surface area contributed by atoms with Crippen molar-refractivity contribution in [3.63, 3.8) is 0 Å². The number of rotatable bonds is 11. The van der Waals surface area contributed by atoms with Crippen molar-refractivity contribution in [1.29, 1.82) is 0 Å². The highest BCUT2D eigenvalue weighted by Gasteiger charge is 2.05. The third-order valence-corrected chi connectivity index (χ3v) is 4.65. The molecule has 0 atom stereocenters. The fraction of sp³-hybridized carbons (Fsp3) is 0.700. The number of hydrogen-bond acceptors (Lipinski definition) is 4. The second-order valence-corrected chi connectivity index (χ2v) is 6.48. The van der Waals surface area contributed by atoms with Crippen molar-refractivity contribution in [2.24, 2.45) is 0 Å². The monoisotopic (exact) mass is 338 g/mol. The zero-order valence-corrected chi connectivity index (χ0v) is 16.3. The van der Waals surface area contributed by atoms with E-state index in [0.717, 1.165) is 38.5 Å². The van der Waals surface area contributed by atoms with Crippen LogP contribution < -0.4 is 0 Å². The van der Waals surface area contributed by atoms with Crippen molar-refractivity contribution in [2.75, 3.05) is 14.2 Å². The molecule has 138 valence electrons. The van der Waals surface area contributed by atoms with Gasteiger partial charge in [0.05, 0.1) is 14.2 Å². The molecule has 0 rings (SSSR count). The first kappa shape index (κ1) is 22.4. The number of carbonyl (C=O) groups is 2. The smallest absolute Gasteiger partial charge is 0.305 e. The first-order valence-corrected chi connectivity index (χ1v) is 8.75. The van der Waals surface area contributed by atoms with Crippen LogP contribution in [0.3, 0.4) is 0 Å². The molecule has 24 heavy (non-hydrogen) atoms. The first-order valence-electron chi connectivity index (χ1n) is 8.75. The van der Waals surface area contributed by atoms with E-state index in [1.807, 2.05) is 0 Å². The van der Waals surface area contributed by atoms with Crippen molar-refractivity contribution in [3.05, 3.63) is 22.3 Å². The van der Waals surface area contributed by atoms with E-state index in [-0.39, 0.29) is 11.9 Å². The quantitative estimate of drug-likeness (QED) is 0.387. The van der Waals surface area contributed by atoms with Crippen molar-refractivity contribution in [2.45, 2.75) is 79.1 Å². The Morgan fingerprint density at radius 3 is 1.12 bits per heavy atom. The van der Waals surface area contributed by atoms with Crippen LogP contribution in [-0.2, 0) is 19.1 Å². The van der Waals surface area contributed by atoms with Gasteiger partial charge in [-0.25, -0.2) is 0 Å². The van der Waals surface area contributed by atoms with Gasteiger partial charge in [0.25, 0.3) is 0 Å². The van der Waals surface area contributed by atoms with Crippen LogP contribution in [0.15, 0.2) is 22.3 Å². The predicted octanol–water partition coefficient (Wildman–Crippen LogP) is 5.13. The molecule has 0 aromatic carbocycles. The Balaban J connectivity index is 4.26. The highest BCUT2D eigenvalue weighted by atomic mass is 16.5. The summed E-state index contributed by atoms with van der Waals surface area (Å²) in [6.45, 7) is 8.64. The van der Waals surface area contributed by atoms with Crippen molar-refractivity contribution >= 4 is 11.9 Å². The molecule has 0 aromatic rings. The molecule has 0 saturated heterocycles. The van der Waals surface area contributed by atoms with Crippen molar-refractivity contribution < 1.29 is 19.1 Å². The van der Waals surface area contributed by atoms with Crippen LogP contribution in [-0.4, -0.2) is 26.2 Å². The Morgan fingerprint density at radius 1 is 0.542 bits per heavy atom. The molecule has 0 bridgehead atoms. The third-order valence-electron chi connectivity index (χ3n) is 4.65. The summed E-state index contributed by atoms with van der Waals surface area (Å²) in [4.78, 5) is 22.3.